The second kappa shape index (κ2) is 22.8. The average molecular weight is 474 g/mol. The normalized spacial score (nSPS) is 12.2. The van der Waals surface area contributed by atoms with Crippen LogP contribution in [0.25, 0.3) is 0 Å². The summed E-state index contributed by atoms with van der Waals surface area (Å²) in [5.74, 6) is -2.53. The van der Waals surface area contributed by atoms with Gasteiger partial charge in [0.25, 0.3) is 0 Å². The Morgan fingerprint density at radius 3 is 1.64 bits per heavy atom. The number of rotatable bonds is 20. The Morgan fingerprint density at radius 2 is 1.27 bits per heavy atom. The summed E-state index contributed by atoms with van der Waals surface area (Å²) in [4.78, 5) is 31.2. The number of carboxylic acid groups (broad SMARTS) is 2. The van der Waals surface area contributed by atoms with Crippen molar-refractivity contribution in [1.82, 2.24) is 5.32 Å². The molecular formula is C23H47N5O5. The van der Waals surface area contributed by atoms with Gasteiger partial charge in [0.15, 0.2) is 5.96 Å². The first-order chi connectivity index (χ1) is 15.6. The highest BCUT2D eigenvalue weighted by Crippen LogP contribution is 2.18. The van der Waals surface area contributed by atoms with Crippen molar-refractivity contribution >= 4 is 23.8 Å². The lowest BCUT2D eigenvalue weighted by molar-refractivity contribution is -0.144. The van der Waals surface area contributed by atoms with Crippen molar-refractivity contribution in [3.05, 3.63) is 0 Å². The minimum absolute atomic E-state index is 0.0363. The van der Waals surface area contributed by atoms with Crippen LogP contribution in [0.15, 0.2) is 0 Å². The van der Waals surface area contributed by atoms with Crippen LogP contribution < -0.4 is 22.5 Å². The summed E-state index contributed by atoms with van der Waals surface area (Å²) >= 11 is 0. The lowest BCUT2D eigenvalue weighted by Crippen LogP contribution is -2.32. The van der Waals surface area contributed by atoms with E-state index in [1.54, 1.807) is 0 Å². The number of primary amides is 1. The summed E-state index contributed by atoms with van der Waals surface area (Å²) in [5.41, 5.74) is 15.6. The van der Waals surface area contributed by atoms with Gasteiger partial charge in [-0.1, -0.05) is 77.6 Å². The molecule has 0 aromatic carbocycles. The Balaban J connectivity index is 0. The van der Waals surface area contributed by atoms with Gasteiger partial charge in [-0.15, -0.1) is 0 Å². The Hall–Kier alpha value is -2.36. The van der Waals surface area contributed by atoms with E-state index < -0.39 is 24.4 Å². The van der Waals surface area contributed by atoms with E-state index in [1.165, 1.54) is 44.9 Å². The highest BCUT2D eigenvalue weighted by molar-refractivity contribution is 5.80. The molecule has 0 aromatic heterocycles. The van der Waals surface area contributed by atoms with Crippen LogP contribution in [0.1, 0.15) is 103 Å². The molecule has 10 nitrogen and oxygen atoms in total. The van der Waals surface area contributed by atoms with E-state index >= 15 is 0 Å². The number of carbonyl (C=O) groups is 3. The number of nitrogens with one attached hydrogen (secondary N) is 2. The molecule has 0 radical (unpaired) electrons. The van der Waals surface area contributed by atoms with E-state index in [4.69, 9.17) is 32.8 Å². The van der Waals surface area contributed by atoms with Gasteiger partial charge in [-0.05, 0) is 19.3 Å². The Labute approximate surface area is 198 Å². The lowest BCUT2D eigenvalue weighted by atomic mass is 9.93. The van der Waals surface area contributed by atoms with Gasteiger partial charge in [0.05, 0.1) is 6.42 Å². The molecule has 10 N–H and O–H groups in total. The van der Waals surface area contributed by atoms with E-state index in [0.717, 1.165) is 51.5 Å². The van der Waals surface area contributed by atoms with E-state index in [0.29, 0.717) is 0 Å². The zero-order valence-corrected chi connectivity index (χ0v) is 20.3. The van der Waals surface area contributed by atoms with Gasteiger partial charge in [-0.3, -0.25) is 19.8 Å². The van der Waals surface area contributed by atoms with Crippen LogP contribution in [-0.2, 0) is 14.4 Å². The van der Waals surface area contributed by atoms with Crippen molar-refractivity contribution in [2.45, 2.75) is 109 Å². The van der Waals surface area contributed by atoms with Gasteiger partial charge < -0.3 is 32.7 Å². The third-order valence-corrected chi connectivity index (χ3v) is 5.32. The van der Waals surface area contributed by atoms with Crippen LogP contribution in [0.2, 0.25) is 0 Å². The third-order valence-electron chi connectivity index (χ3n) is 5.32. The number of carboxylic acids is 2. The van der Waals surface area contributed by atoms with E-state index in [2.05, 4.69) is 12.2 Å². The van der Waals surface area contributed by atoms with E-state index in [1.807, 2.05) is 0 Å². The smallest absolute Gasteiger partial charge is 0.321 e. The molecule has 0 bridgehead atoms. The van der Waals surface area contributed by atoms with Gasteiger partial charge in [-0.2, -0.15) is 0 Å². The number of guanidine groups is 1. The molecule has 0 aliphatic heterocycles. The molecule has 10 heteroatoms. The van der Waals surface area contributed by atoms with Crippen molar-refractivity contribution in [2.75, 3.05) is 6.54 Å². The summed E-state index contributed by atoms with van der Waals surface area (Å²) in [5, 5.41) is 25.9. The SMILES string of the molecule is CCCCCCCCCCC(CCCCCCNC(=N)N)C(N)=O.NC(CC(=O)O)C(=O)O. The monoisotopic (exact) mass is 473 g/mol. The zero-order valence-electron chi connectivity index (χ0n) is 20.3. The van der Waals surface area contributed by atoms with Crippen molar-refractivity contribution < 1.29 is 24.6 Å². The summed E-state index contributed by atoms with van der Waals surface area (Å²) in [6.45, 7) is 3.00. The molecule has 0 aliphatic rings. The fourth-order valence-corrected chi connectivity index (χ4v) is 3.32. The summed E-state index contributed by atoms with van der Waals surface area (Å²) in [6, 6.07) is -1.29. The largest absolute Gasteiger partial charge is 0.481 e. The molecule has 0 spiro atoms. The highest BCUT2D eigenvalue weighted by Gasteiger charge is 2.15. The molecule has 0 aromatic rings. The zero-order chi connectivity index (χ0) is 25.5. The molecular weight excluding hydrogens is 426 g/mol. The van der Waals surface area contributed by atoms with Crippen LogP contribution in [0.4, 0.5) is 0 Å². The molecule has 1 amide bonds. The molecule has 0 rings (SSSR count). The van der Waals surface area contributed by atoms with Gasteiger partial charge in [-0.25, -0.2) is 0 Å². The number of amides is 1. The standard InChI is InChI=1S/C19H40N4O.C4H7NO4/c1-2-3-4-5-6-7-8-11-14-17(18(20)24)15-12-9-10-13-16-23-19(21)22;5-2(4(8)9)1-3(6)7/h17H,2-16H2,1H3,(H2,20,24)(H4,21,22,23);2H,1,5H2,(H,6,7)(H,8,9). The van der Waals surface area contributed by atoms with Gasteiger partial charge in [0, 0.05) is 12.5 Å². The summed E-state index contributed by atoms with van der Waals surface area (Å²) in [6.07, 6.45) is 16.0. The third kappa shape index (κ3) is 25.8. The number of unbranched alkanes of at least 4 members (excludes halogenated alkanes) is 10. The molecule has 2 unspecified atom stereocenters. The number of nitrogens with two attached hydrogens (primary N) is 3. The second-order valence-corrected chi connectivity index (χ2v) is 8.45. The highest BCUT2D eigenvalue weighted by atomic mass is 16.4. The summed E-state index contributed by atoms with van der Waals surface area (Å²) < 4.78 is 0. The lowest BCUT2D eigenvalue weighted by Gasteiger charge is -2.13. The maximum atomic E-state index is 11.6. The fraction of sp³-hybridized carbons (Fsp3) is 0.826. The predicted octanol–water partition coefficient (Wildman–Crippen LogP) is 2.93. The molecule has 0 fully saturated rings. The van der Waals surface area contributed by atoms with Gasteiger partial charge >= 0.3 is 11.9 Å². The predicted molar refractivity (Wildman–Crippen MR) is 131 cm³/mol. The quantitative estimate of drug-likeness (QED) is 0.0792. The number of hydrogen-bond donors (Lipinski definition) is 7. The topological polar surface area (TPSA) is 206 Å². The van der Waals surface area contributed by atoms with Gasteiger partial charge in [0.1, 0.15) is 6.04 Å². The molecule has 33 heavy (non-hydrogen) atoms. The van der Waals surface area contributed by atoms with Crippen LogP contribution in [-0.4, -0.2) is 46.6 Å². The fourth-order valence-electron chi connectivity index (χ4n) is 3.32. The minimum atomic E-state index is -1.29. The number of aliphatic carboxylic acids is 2. The minimum Gasteiger partial charge on any atom is -0.481 e. The van der Waals surface area contributed by atoms with Crippen LogP contribution in [0.3, 0.4) is 0 Å². The molecule has 2 atom stereocenters. The first-order valence-corrected chi connectivity index (χ1v) is 12.2. The summed E-state index contributed by atoms with van der Waals surface area (Å²) in [7, 11) is 0. The van der Waals surface area contributed by atoms with Crippen molar-refractivity contribution in [3.8, 4) is 0 Å². The van der Waals surface area contributed by atoms with Crippen molar-refractivity contribution in [1.29, 1.82) is 5.41 Å². The molecule has 0 aliphatic carbocycles. The molecule has 0 saturated carbocycles. The van der Waals surface area contributed by atoms with Crippen LogP contribution in [0, 0.1) is 11.3 Å². The first kappa shape index (κ1) is 32.8. The Bertz CT molecular complexity index is 545. The molecule has 0 saturated heterocycles. The van der Waals surface area contributed by atoms with Crippen molar-refractivity contribution in [2.24, 2.45) is 23.1 Å². The average Bonchev–Trinajstić information content (AvgIpc) is 2.72. The number of carbonyl (C=O) groups excluding carboxylic acids is 1. The number of hydrogen-bond acceptors (Lipinski definition) is 5. The van der Waals surface area contributed by atoms with Crippen LogP contribution >= 0.6 is 0 Å². The Kier molecular flexibility index (Phi) is 22.7. The second-order valence-electron chi connectivity index (χ2n) is 8.45. The Morgan fingerprint density at radius 1 is 0.818 bits per heavy atom. The van der Waals surface area contributed by atoms with Gasteiger partial charge in [0.2, 0.25) is 5.91 Å². The molecule has 194 valence electrons. The molecule has 0 heterocycles. The van der Waals surface area contributed by atoms with E-state index in [-0.39, 0.29) is 17.8 Å². The van der Waals surface area contributed by atoms with Crippen molar-refractivity contribution in [3.63, 3.8) is 0 Å². The maximum absolute atomic E-state index is 11.6. The van der Waals surface area contributed by atoms with Crippen LogP contribution in [0.5, 0.6) is 0 Å². The first-order valence-electron chi connectivity index (χ1n) is 12.2. The van der Waals surface area contributed by atoms with E-state index in [9.17, 15) is 14.4 Å². The maximum Gasteiger partial charge on any atom is 0.321 e.